The molecule has 1 aliphatic carbocycles. The molecule has 108 valence electrons. The summed E-state index contributed by atoms with van der Waals surface area (Å²) in [6.45, 7) is 0. The Morgan fingerprint density at radius 2 is 1.95 bits per heavy atom. The van der Waals surface area contributed by atoms with Crippen LogP contribution in [0, 0.1) is 17.2 Å². The molecule has 0 saturated heterocycles. The number of nitrogens with zero attached hydrogens (tertiary/aromatic N) is 1. The van der Waals surface area contributed by atoms with E-state index < -0.39 is 18.6 Å². The van der Waals surface area contributed by atoms with Crippen molar-refractivity contribution in [3.63, 3.8) is 0 Å². The van der Waals surface area contributed by atoms with Crippen LogP contribution in [0.25, 0.3) is 0 Å². The predicted octanol–water partition coefficient (Wildman–Crippen LogP) is 3.96. The van der Waals surface area contributed by atoms with Gasteiger partial charge in [0, 0.05) is 12.1 Å². The summed E-state index contributed by atoms with van der Waals surface area (Å²) in [5.74, 6) is -0.186. The standard InChI is InChI=1S/C15H17F3N2/c16-15(17,18)9-14(11-5-2-1-3-6-11)20-13-8-4-7-12(13)10-19/h1-3,5-6,12-14,20H,4,7-9H2. The molecule has 1 aromatic rings. The van der Waals surface area contributed by atoms with Crippen molar-refractivity contribution in [1.29, 1.82) is 5.26 Å². The Labute approximate surface area is 116 Å². The largest absolute Gasteiger partial charge is 0.390 e. The van der Waals surface area contributed by atoms with Crippen LogP contribution >= 0.6 is 0 Å². The molecule has 0 spiro atoms. The molecule has 1 fully saturated rings. The zero-order chi connectivity index (χ0) is 14.6. The van der Waals surface area contributed by atoms with E-state index in [-0.39, 0.29) is 12.0 Å². The first kappa shape index (κ1) is 14.9. The minimum Gasteiger partial charge on any atom is -0.306 e. The molecule has 3 atom stereocenters. The molecule has 1 aromatic carbocycles. The second-order valence-corrected chi connectivity index (χ2v) is 5.22. The van der Waals surface area contributed by atoms with Gasteiger partial charge in [0.25, 0.3) is 0 Å². The van der Waals surface area contributed by atoms with E-state index in [2.05, 4.69) is 11.4 Å². The Balaban J connectivity index is 2.13. The van der Waals surface area contributed by atoms with Gasteiger partial charge in [-0.3, -0.25) is 0 Å². The summed E-state index contributed by atoms with van der Waals surface area (Å²) < 4.78 is 38.2. The first-order valence-corrected chi connectivity index (χ1v) is 6.77. The lowest BCUT2D eigenvalue weighted by Gasteiger charge is -2.26. The van der Waals surface area contributed by atoms with Crippen molar-refractivity contribution >= 4 is 0 Å². The average Bonchev–Trinajstić information content (AvgIpc) is 2.85. The summed E-state index contributed by atoms with van der Waals surface area (Å²) in [5, 5.41) is 12.1. The molecule has 0 radical (unpaired) electrons. The van der Waals surface area contributed by atoms with Gasteiger partial charge in [-0.05, 0) is 18.4 Å². The number of alkyl halides is 3. The van der Waals surface area contributed by atoms with Crippen molar-refractivity contribution in [2.45, 2.75) is 43.9 Å². The molecule has 0 heterocycles. The summed E-state index contributed by atoms with van der Waals surface area (Å²) in [5.41, 5.74) is 0.619. The molecule has 1 saturated carbocycles. The summed E-state index contributed by atoms with van der Waals surface area (Å²) in [6.07, 6.45) is -2.72. The van der Waals surface area contributed by atoms with Gasteiger partial charge in [-0.25, -0.2) is 0 Å². The van der Waals surface area contributed by atoms with E-state index >= 15 is 0 Å². The molecular formula is C15H17F3N2. The fourth-order valence-electron chi connectivity index (χ4n) is 2.76. The molecule has 20 heavy (non-hydrogen) atoms. The van der Waals surface area contributed by atoms with E-state index in [0.717, 1.165) is 19.3 Å². The number of hydrogen-bond donors (Lipinski definition) is 1. The summed E-state index contributed by atoms with van der Waals surface area (Å²) in [7, 11) is 0. The van der Waals surface area contributed by atoms with Crippen molar-refractivity contribution in [1.82, 2.24) is 5.32 Å². The van der Waals surface area contributed by atoms with Crippen molar-refractivity contribution in [3.05, 3.63) is 35.9 Å². The normalized spacial score (nSPS) is 24.3. The fourth-order valence-corrected chi connectivity index (χ4v) is 2.76. The quantitative estimate of drug-likeness (QED) is 0.907. The minimum atomic E-state index is -4.23. The number of benzene rings is 1. The monoisotopic (exact) mass is 282 g/mol. The second-order valence-electron chi connectivity index (χ2n) is 5.22. The van der Waals surface area contributed by atoms with Crippen LogP contribution in [0.2, 0.25) is 0 Å². The molecule has 5 heteroatoms. The van der Waals surface area contributed by atoms with Gasteiger partial charge >= 0.3 is 6.18 Å². The lowest BCUT2D eigenvalue weighted by molar-refractivity contribution is -0.141. The molecule has 3 unspecified atom stereocenters. The predicted molar refractivity (Wildman–Crippen MR) is 69.7 cm³/mol. The smallest absolute Gasteiger partial charge is 0.306 e. The first-order valence-electron chi connectivity index (χ1n) is 6.77. The Hall–Kier alpha value is -1.54. The maximum absolute atomic E-state index is 12.7. The average molecular weight is 282 g/mol. The number of nitriles is 1. The number of rotatable bonds is 4. The van der Waals surface area contributed by atoms with Gasteiger partial charge in [0.05, 0.1) is 18.4 Å². The lowest BCUT2D eigenvalue weighted by Crippen LogP contribution is -2.37. The van der Waals surface area contributed by atoms with Crippen LogP contribution in [0.4, 0.5) is 13.2 Å². The molecule has 0 bridgehead atoms. The van der Waals surface area contributed by atoms with Crippen LogP contribution in [-0.4, -0.2) is 12.2 Å². The minimum absolute atomic E-state index is 0.146. The third kappa shape index (κ3) is 3.97. The molecule has 1 aliphatic rings. The number of halogens is 3. The first-order chi connectivity index (χ1) is 9.49. The van der Waals surface area contributed by atoms with Crippen molar-refractivity contribution < 1.29 is 13.2 Å². The van der Waals surface area contributed by atoms with E-state index in [1.165, 1.54) is 0 Å². The second kappa shape index (κ2) is 6.27. The molecule has 1 N–H and O–H groups in total. The SMILES string of the molecule is N#CC1CCCC1NC(CC(F)(F)F)c1ccccc1. The van der Waals surface area contributed by atoms with E-state index in [1.807, 2.05) is 0 Å². The fraction of sp³-hybridized carbons (Fsp3) is 0.533. The molecule has 2 rings (SSSR count). The van der Waals surface area contributed by atoms with Gasteiger partial charge in [0.2, 0.25) is 0 Å². The van der Waals surface area contributed by atoms with Crippen LogP contribution in [0.15, 0.2) is 30.3 Å². The van der Waals surface area contributed by atoms with Crippen LogP contribution in [0.3, 0.4) is 0 Å². The summed E-state index contributed by atoms with van der Waals surface area (Å²) in [4.78, 5) is 0. The molecule has 0 amide bonds. The molecular weight excluding hydrogens is 265 g/mol. The topological polar surface area (TPSA) is 35.8 Å². The highest BCUT2D eigenvalue weighted by Gasteiger charge is 2.36. The number of nitrogens with one attached hydrogen (secondary N) is 1. The zero-order valence-corrected chi connectivity index (χ0v) is 11.0. The highest BCUT2D eigenvalue weighted by Crippen LogP contribution is 2.33. The Morgan fingerprint density at radius 1 is 1.25 bits per heavy atom. The van der Waals surface area contributed by atoms with E-state index in [9.17, 15) is 13.2 Å². The van der Waals surface area contributed by atoms with Crippen LogP contribution in [-0.2, 0) is 0 Å². The Morgan fingerprint density at radius 3 is 2.55 bits per heavy atom. The van der Waals surface area contributed by atoms with Crippen molar-refractivity contribution in [3.8, 4) is 6.07 Å². The lowest BCUT2D eigenvalue weighted by atomic mass is 9.99. The Bertz CT molecular complexity index is 464. The van der Waals surface area contributed by atoms with Gasteiger partial charge in [-0.2, -0.15) is 18.4 Å². The number of hydrogen-bond acceptors (Lipinski definition) is 2. The van der Waals surface area contributed by atoms with Gasteiger partial charge in [0.15, 0.2) is 0 Å². The van der Waals surface area contributed by atoms with Crippen molar-refractivity contribution in [2.24, 2.45) is 5.92 Å². The summed E-state index contributed by atoms with van der Waals surface area (Å²) >= 11 is 0. The van der Waals surface area contributed by atoms with E-state index in [0.29, 0.717) is 5.56 Å². The highest BCUT2D eigenvalue weighted by atomic mass is 19.4. The maximum Gasteiger partial charge on any atom is 0.390 e. The van der Waals surface area contributed by atoms with E-state index in [1.54, 1.807) is 30.3 Å². The van der Waals surface area contributed by atoms with Crippen LogP contribution < -0.4 is 5.32 Å². The third-order valence-corrected chi connectivity index (χ3v) is 3.73. The highest BCUT2D eigenvalue weighted by molar-refractivity contribution is 5.19. The summed E-state index contributed by atoms with van der Waals surface area (Å²) in [6, 6.07) is 9.90. The van der Waals surface area contributed by atoms with E-state index in [4.69, 9.17) is 5.26 Å². The van der Waals surface area contributed by atoms with Crippen LogP contribution in [0.1, 0.15) is 37.3 Å². The van der Waals surface area contributed by atoms with Crippen LogP contribution in [0.5, 0.6) is 0 Å². The third-order valence-electron chi connectivity index (χ3n) is 3.73. The molecule has 0 aromatic heterocycles. The van der Waals surface area contributed by atoms with Gasteiger partial charge in [0.1, 0.15) is 0 Å². The molecule has 2 nitrogen and oxygen atoms in total. The van der Waals surface area contributed by atoms with Gasteiger partial charge in [-0.15, -0.1) is 0 Å². The maximum atomic E-state index is 12.7. The van der Waals surface area contributed by atoms with Gasteiger partial charge < -0.3 is 5.32 Å². The Kier molecular flexibility index (Phi) is 4.66. The van der Waals surface area contributed by atoms with Crippen molar-refractivity contribution in [2.75, 3.05) is 0 Å². The molecule has 0 aliphatic heterocycles. The zero-order valence-electron chi connectivity index (χ0n) is 11.0. The van der Waals surface area contributed by atoms with Gasteiger partial charge in [-0.1, -0.05) is 36.8 Å².